The summed E-state index contributed by atoms with van der Waals surface area (Å²) in [6.45, 7) is 0.298. The van der Waals surface area contributed by atoms with Crippen molar-refractivity contribution in [2.24, 2.45) is 5.92 Å². The van der Waals surface area contributed by atoms with Crippen molar-refractivity contribution in [1.29, 1.82) is 0 Å². The summed E-state index contributed by atoms with van der Waals surface area (Å²) in [5.74, 6) is -2.99. The highest BCUT2D eigenvalue weighted by Gasteiger charge is 2.41. The van der Waals surface area contributed by atoms with Crippen molar-refractivity contribution < 1.29 is 28.6 Å². The van der Waals surface area contributed by atoms with Crippen LogP contribution in [-0.4, -0.2) is 48.9 Å². The number of carbonyl (C=O) groups excluding carboxylic acids is 1. The van der Waals surface area contributed by atoms with Crippen LogP contribution >= 0.6 is 0 Å². The molecule has 1 N–H and O–H groups in total. The maximum atomic E-state index is 14.2. The van der Waals surface area contributed by atoms with Gasteiger partial charge >= 0.3 is 12.1 Å². The van der Waals surface area contributed by atoms with Gasteiger partial charge in [-0.25, -0.2) is 9.18 Å². The standard InChI is InChI=1S/C27H24FNO5/c1-33-25-11-10-16(12-24(25)28)21-13-29(14-22(21)26(30)31)27(32)34-15-23-19-8-4-2-6-17(19)18-7-3-5-9-20(18)23/h2-12,21-23H,13-15H2,1H3,(H,30,31). The second-order valence-electron chi connectivity index (χ2n) is 8.65. The molecule has 2 atom stereocenters. The van der Waals surface area contributed by atoms with Crippen molar-refractivity contribution in [2.75, 3.05) is 26.8 Å². The van der Waals surface area contributed by atoms with Crippen LogP contribution in [0.2, 0.25) is 0 Å². The van der Waals surface area contributed by atoms with Crippen molar-refractivity contribution in [3.63, 3.8) is 0 Å². The number of carboxylic acids is 1. The van der Waals surface area contributed by atoms with Gasteiger partial charge in [-0.3, -0.25) is 4.79 Å². The molecular formula is C27H24FNO5. The lowest BCUT2D eigenvalue weighted by atomic mass is 9.89. The summed E-state index contributed by atoms with van der Waals surface area (Å²) in [5.41, 5.74) is 4.99. The average Bonchev–Trinajstić information content (AvgIpc) is 3.43. The van der Waals surface area contributed by atoms with Crippen molar-refractivity contribution in [1.82, 2.24) is 4.90 Å². The van der Waals surface area contributed by atoms with E-state index >= 15 is 0 Å². The van der Waals surface area contributed by atoms with Gasteiger partial charge in [0.2, 0.25) is 0 Å². The fraction of sp³-hybridized carbons (Fsp3) is 0.259. The van der Waals surface area contributed by atoms with Gasteiger partial charge in [0.25, 0.3) is 0 Å². The zero-order valence-corrected chi connectivity index (χ0v) is 18.6. The summed E-state index contributed by atoms with van der Waals surface area (Å²) in [7, 11) is 1.37. The lowest BCUT2D eigenvalue weighted by Crippen LogP contribution is -2.31. The first-order chi connectivity index (χ1) is 16.5. The van der Waals surface area contributed by atoms with Gasteiger partial charge < -0.3 is 19.5 Å². The van der Waals surface area contributed by atoms with E-state index in [-0.39, 0.29) is 31.4 Å². The lowest BCUT2D eigenvalue weighted by molar-refractivity contribution is -0.141. The Bertz CT molecular complexity index is 1210. The molecule has 0 radical (unpaired) electrons. The Morgan fingerprint density at radius 3 is 2.24 bits per heavy atom. The molecule has 1 aliphatic carbocycles. The van der Waals surface area contributed by atoms with E-state index in [2.05, 4.69) is 12.1 Å². The summed E-state index contributed by atoms with van der Waals surface area (Å²) in [6, 6.07) is 20.5. The number of carbonyl (C=O) groups is 2. The van der Waals surface area contributed by atoms with Crippen LogP contribution in [-0.2, 0) is 9.53 Å². The van der Waals surface area contributed by atoms with Crippen LogP contribution in [0.25, 0.3) is 11.1 Å². The molecule has 174 valence electrons. The monoisotopic (exact) mass is 461 g/mol. The smallest absolute Gasteiger partial charge is 0.409 e. The molecule has 34 heavy (non-hydrogen) atoms. The summed E-state index contributed by atoms with van der Waals surface area (Å²) in [4.78, 5) is 26.3. The fourth-order valence-corrected chi connectivity index (χ4v) is 5.14. The maximum Gasteiger partial charge on any atom is 0.409 e. The van der Waals surface area contributed by atoms with Gasteiger partial charge in [0.1, 0.15) is 6.61 Å². The second kappa shape index (κ2) is 8.82. The number of methoxy groups -OCH3 is 1. The van der Waals surface area contributed by atoms with Crippen LogP contribution in [0.1, 0.15) is 28.5 Å². The third-order valence-corrected chi connectivity index (χ3v) is 6.84. The van der Waals surface area contributed by atoms with E-state index in [0.717, 1.165) is 22.3 Å². The van der Waals surface area contributed by atoms with Crippen LogP contribution < -0.4 is 4.74 Å². The number of aliphatic carboxylic acids is 1. The Kier molecular flexibility index (Phi) is 5.69. The Hall–Kier alpha value is -3.87. The largest absolute Gasteiger partial charge is 0.494 e. The van der Waals surface area contributed by atoms with E-state index < -0.39 is 29.7 Å². The fourth-order valence-electron chi connectivity index (χ4n) is 5.14. The Balaban J connectivity index is 1.32. The number of amides is 1. The topological polar surface area (TPSA) is 76.1 Å². The Morgan fingerprint density at radius 1 is 1.00 bits per heavy atom. The second-order valence-corrected chi connectivity index (χ2v) is 8.65. The first kappa shape index (κ1) is 21.9. The zero-order valence-electron chi connectivity index (χ0n) is 18.6. The minimum Gasteiger partial charge on any atom is -0.494 e. The molecule has 1 aliphatic heterocycles. The number of hydrogen-bond acceptors (Lipinski definition) is 4. The summed E-state index contributed by atoms with van der Waals surface area (Å²) >= 11 is 0. The van der Waals surface area contributed by atoms with E-state index in [1.165, 1.54) is 24.1 Å². The SMILES string of the molecule is COc1ccc(C2CN(C(=O)OCC3c4ccccc4-c4ccccc43)CC2C(=O)O)cc1F. The molecule has 1 fully saturated rings. The predicted molar refractivity (Wildman–Crippen MR) is 123 cm³/mol. The van der Waals surface area contributed by atoms with Gasteiger partial charge in [0.05, 0.1) is 13.0 Å². The quantitative estimate of drug-likeness (QED) is 0.586. The van der Waals surface area contributed by atoms with E-state index in [1.807, 2.05) is 36.4 Å². The molecule has 0 spiro atoms. The van der Waals surface area contributed by atoms with Gasteiger partial charge in [-0.15, -0.1) is 0 Å². The number of fused-ring (bicyclic) bond motifs is 3. The van der Waals surface area contributed by atoms with Crippen molar-refractivity contribution >= 4 is 12.1 Å². The summed E-state index contributed by atoms with van der Waals surface area (Å²) < 4.78 is 24.9. The third kappa shape index (κ3) is 3.77. The zero-order chi connectivity index (χ0) is 23.8. The number of hydrogen-bond donors (Lipinski definition) is 1. The van der Waals surface area contributed by atoms with E-state index in [0.29, 0.717) is 5.56 Å². The Labute approximate surface area is 196 Å². The highest BCUT2D eigenvalue weighted by atomic mass is 19.1. The molecule has 0 bridgehead atoms. The number of nitrogens with zero attached hydrogens (tertiary/aromatic N) is 1. The molecular weight excluding hydrogens is 437 g/mol. The first-order valence-corrected chi connectivity index (χ1v) is 11.1. The van der Waals surface area contributed by atoms with Crippen LogP contribution in [0.4, 0.5) is 9.18 Å². The first-order valence-electron chi connectivity index (χ1n) is 11.1. The molecule has 0 saturated carbocycles. The number of carboxylic acid groups (broad SMARTS) is 1. The molecule has 3 aromatic rings. The highest BCUT2D eigenvalue weighted by molar-refractivity contribution is 5.79. The van der Waals surface area contributed by atoms with Crippen LogP contribution in [0.3, 0.4) is 0 Å². The van der Waals surface area contributed by atoms with Crippen LogP contribution in [0.15, 0.2) is 66.7 Å². The Morgan fingerprint density at radius 2 is 1.65 bits per heavy atom. The molecule has 2 unspecified atom stereocenters. The summed E-state index contributed by atoms with van der Waals surface area (Å²) in [6.07, 6.45) is -0.565. The van der Waals surface area contributed by atoms with Crippen molar-refractivity contribution in [2.45, 2.75) is 11.8 Å². The van der Waals surface area contributed by atoms with Gasteiger partial charge in [-0.2, -0.15) is 0 Å². The normalized spacial score (nSPS) is 18.9. The van der Waals surface area contributed by atoms with Gasteiger partial charge in [-0.05, 0) is 39.9 Å². The minimum atomic E-state index is -1.03. The summed E-state index contributed by atoms with van der Waals surface area (Å²) in [5, 5.41) is 9.74. The molecule has 7 heteroatoms. The van der Waals surface area contributed by atoms with E-state index in [4.69, 9.17) is 9.47 Å². The molecule has 5 rings (SSSR count). The lowest BCUT2D eigenvalue weighted by Gasteiger charge is -2.19. The molecule has 0 aromatic heterocycles. The van der Waals surface area contributed by atoms with E-state index in [1.54, 1.807) is 6.07 Å². The minimum absolute atomic E-state index is 0.00429. The molecule has 6 nitrogen and oxygen atoms in total. The number of likely N-dealkylation sites (tertiary alicyclic amines) is 1. The molecule has 1 saturated heterocycles. The molecule has 3 aromatic carbocycles. The number of halogens is 1. The average molecular weight is 461 g/mol. The number of rotatable bonds is 5. The van der Waals surface area contributed by atoms with Gasteiger partial charge in [-0.1, -0.05) is 54.6 Å². The van der Waals surface area contributed by atoms with Crippen molar-refractivity contribution in [3.05, 3.63) is 89.2 Å². The maximum absolute atomic E-state index is 14.2. The third-order valence-electron chi connectivity index (χ3n) is 6.84. The number of ether oxygens (including phenoxy) is 2. The van der Waals surface area contributed by atoms with Gasteiger partial charge in [0, 0.05) is 24.9 Å². The predicted octanol–water partition coefficient (Wildman–Crippen LogP) is 4.88. The highest BCUT2D eigenvalue weighted by Crippen LogP contribution is 2.44. The van der Waals surface area contributed by atoms with E-state index in [9.17, 15) is 19.1 Å². The molecule has 2 aliphatic rings. The molecule has 1 amide bonds. The molecule has 1 heterocycles. The number of benzene rings is 3. The van der Waals surface area contributed by atoms with Crippen molar-refractivity contribution in [3.8, 4) is 16.9 Å². The van der Waals surface area contributed by atoms with Gasteiger partial charge in [0.15, 0.2) is 11.6 Å². The van der Waals surface area contributed by atoms with Crippen LogP contribution in [0.5, 0.6) is 5.75 Å². The van der Waals surface area contributed by atoms with Crippen LogP contribution in [0, 0.1) is 11.7 Å².